The van der Waals surface area contributed by atoms with E-state index in [0.717, 1.165) is 11.4 Å². The zero-order valence-electron chi connectivity index (χ0n) is 36.8. The van der Waals surface area contributed by atoms with E-state index < -0.39 is 5.41 Å². The molecule has 63 heavy (non-hydrogen) atoms. The lowest BCUT2D eigenvalue weighted by Crippen LogP contribution is -2.30. The monoisotopic (exact) mass is 812 g/mol. The molecule has 306 valence electrons. The normalized spacial score (nSPS) is 11.9. The van der Waals surface area contributed by atoms with Gasteiger partial charge in [0, 0.05) is 32.9 Å². The van der Waals surface area contributed by atoms with Gasteiger partial charge in [-0.2, -0.15) is 0 Å². The van der Waals surface area contributed by atoms with E-state index in [1.54, 1.807) is 0 Å². The van der Waals surface area contributed by atoms with Crippen LogP contribution >= 0.6 is 0 Å². The number of rotatable bonds is 7. The van der Waals surface area contributed by atoms with Crippen LogP contribution in [0.5, 0.6) is 0 Å². The van der Waals surface area contributed by atoms with Crippen molar-refractivity contribution in [3.05, 3.63) is 252 Å². The van der Waals surface area contributed by atoms with Crippen LogP contribution in [0.1, 0.15) is 62.4 Å². The van der Waals surface area contributed by atoms with Crippen molar-refractivity contribution in [3.63, 3.8) is 0 Å². The van der Waals surface area contributed by atoms with Gasteiger partial charge in [-0.25, -0.2) is 0 Å². The Morgan fingerprint density at radius 2 is 0.714 bits per heavy atom. The average Bonchev–Trinajstić information content (AvgIpc) is 3.86. The fraction of sp³-hybridized carbons (Fsp3) is 0.115. The third kappa shape index (κ3) is 6.65. The molecule has 2 aromatic heterocycles. The number of para-hydroxylation sites is 2. The van der Waals surface area contributed by atoms with Gasteiger partial charge in [-0.3, -0.25) is 0 Å². The van der Waals surface area contributed by atoms with Crippen LogP contribution < -0.4 is 0 Å². The molecular weight excluding hydrogens is 761 g/mol. The van der Waals surface area contributed by atoms with Gasteiger partial charge in [0.25, 0.3) is 0 Å². The van der Waals surface area contributed by atoms with Crippen molar-refractivity contribution < 1.29 is 0 Å². The molecule has 0 aliphatic rings. The highest BCUT2D eigenvalue weighted by atomic mass is 15.0. The fourth-order valence-electron chi connectivity index (χ4n) is 9.89. The quantitative estimate of drug-likeness (QED) is 0.142. The van der Waals surface area contributed by atoms with Gasteiger partial charge in [-0.05, 0) is 105 Å². The summed E-state index contributed by atoms with van der Waals surface area (Å²) in [5.41, 5.74) is 15.2. The van der Waals surface area contributed by atoms with Gasteiger partial charge in [0.05, 0.1) is 27.5 Å². The predicted molar refractivity (Wildman–Crippen MR) is 269 cm³/mol. The molecule has 0 amide bonds. The second-order valence-electron chi connectivity index (χ2n) is 17.4. The van der Waals surface area contributed by atoms with Crippen molar-refractivity contribution in [2.75, 3.05) is 0 Å². The molecule has 11 rings (SSSR count). The van der Waals surface area contributed by atoms with E-state index in [1.165, 1.54) is 82.6 Å². The molecule has 0 fully saturated rings. The van der Waals surface area contributed by atoms with Crippen LogP contribution in [0.25, 0.3) is 66.1 Å². The smallest absolute Gasteiger partial charge is 0.0701 e. The number of hydrogen-bond donors (Lipinski definition) is 0. The molecule has 0 saturated heterocycles. The zero-order valence-corrected chi connectivity index (χ0v) is 36.8. The Morgan fingerprint density at radius 1 is 0.286 bits per heavy atom. The van der Waals surface area contributed by atoms with Crippen molar-refractivity contribution in [3.8, 4) is 22.5 Å². The van der Waals surface area contributed by atoms with Gasteiger partial charge in [0.15, 0.2) is 0 Å². The second-order valence-corrected chi connectivity index (χ2v) is 17.4. The van der Waals surface area contributed by atoms with E-state index in [2.05, 4.69) is 254 Å². The highest BCUT2D eigenvalue weighted by molar-refractivity contribution is 6.11. The van der Waals surface area contributed by atoms with E-state index in [0.29, 0.717) is 0 Å². The lowest BCUT2D eigenvalue weighted by molar-refractivity contribution is 0.591. The number of fused-ring (bicyclic) bond motifs is 6. The second kappa shape index (κ2) is 16.1. The van der Waals surface area contributed by atoms with Crippen molar-refractivity contribution >= 4 is 43.6 Å². The lowest BCUT2D eigenvalue weighted by Gasteiger charge is -2.37. The molecule has 11 aromatic rings. The standard InChI is InChI=1S/C59H46N2.C2H6/c1-58(2,3)46-32-36-56-52(39-46)53-40-47(59(43-19-7-4-8-20-43,44-21-9-5-10-22-44)45-23-11-6-12-24-45)33-37-57(53)61(56)49-25-17-18-42(38-49)41-30-34-48(35-31-41)60-54-28-15-13-26-50(54)51-27-14-16-29-55(51)60;1-2/h4-40H,1-3H3;1-2H3. The maximum absolute atomic E-state index is 2.48. The fourth-order valence-corrected chi connectivity index (χ4v) is 9.89. The summed E-state index contributed by atoms with van der Waals surface area (Å²) in [6.45, 7) is 10.9. The minimum Gasteiger partial charge on any atom is -0.309 e. The summed E-state index contributed by atoms with van der Waals surface area (Å²) in [5.74, 6) is 0. The SMILES string of the molecule is CC.CC(C)(C)c1ccc2c(c1)c1cc(C(c3ccccc3)(c3ccccc3)c3ccccc3)ccc1n2-c1cccc(-c2ccc(-n3c4ccccc4c4ccccc43)cc2)c1. The van der Waals surface area contributed by atoms with E-state index >= 15 is 0 Å². The highest BCUT2D eigenvalue weighted by Gasteiger charge is 2.38. The Morgan fingerprint density at radius 3 is 1.22 bits per heavy atom. The first-order valence-corrected chi connectivity index (χ1v) is 22.3. The summed E-state index contributed by atoms with van der Waals surface area (Å²) < 4.78 is 4.84. The van der Waals surface area contributed by atoms with E-state index in [9.17, 15) is 0 Å². The molecule has 0 spiro atoms. The molecule has 0 atom stereocenters. The Kier molecular flexibility index (Phi) is 10.2. The van der Waals surface area contributed by atoms with Crippen LogP contribution in [-0.4, -0.2) is 9.13 Å². The molecule has 2 heteroatoms. The van der Waals surface area contributed by atoms with Crippen molar-refractivity contribution in [1.82, 2.24) is 9.13 Å². The molecule has 0 unspecified atom stereocenters. The van der Waals surface area contributed by atoms with E-state index in [1.807, 2.05) is 13.8 Å². The Bertz CT molecular complexity index is 3210. The van der Waals surface area contributed by atoms with Crippen LogP contribution in [0.2, 0.25) is 0 Å². The number of benzene rings is 9. The number of nitrogens with zero attached hydrogens (tertiary/aromatic N) is 2. The van der Waals surface area contributed by atoms with Crippen molar-refractivity contribution in [2.45, 2.75) is 45.4 Å². The Labute approximate surface area is 371 Å². The zero-order chi connectivity index (χ0) is 43.1. The van der Waals surface area contributed by atoms with Gasteiger partial charge in [0.1, 0.15) is 0 Å². The summed E-state index contributed by atoms with van der Waals surface area (Å²) in [5, 5.41) is 5.04. The van der Waals surface area contributed by atoms with Gasteiger partial charge < -0.3 is 9.13 Å². The molecule has 9 aromatic carbocycles. The van der Waals surface area contributed by atoms with Gasteiger partial charge in [-0.15, -0.1) is 0 Å². The molecule has 0 bridgehead atoms. The number of hydrogen-bond acceptors (Lipinski definition) is 0. The predicted octanol–water partition coefficient (Wildman–Crippen LogP) is 16.3. The summed E-state index contributed by atoms with van der Waals surface area (Å²) >= 11 is 0. The van der Waals surface area contributed by atoms with Crippen molar-refractivity contribution in [1.29, 1.82) is 0 Å². The molecule has 2 nitrogen and oxygen atoms in total. The van der Waals surface area contributed by atoms with Gasteiger partial charge in [0.2, 0.25) is 0 Å². The molecular formula is C61H52N2. The maximum Gasteiger partial charge on any atom is 0.0701 e. The van der Waals surface area contributed by atoms with Gasteiger partial charge >= 0.3 is 0 Å². The first kappa shape index (κ1) is 39.7. The van der Waals surface area contributed by atoms with Crippen LogP contribution in [-0.2, 0) is 10.8 Å². The molecule has 0 aliphatic carbocycles. The highest BCUT2D eigenvalue weighted by Crippen LogP contribution is 2.47. The summed E-state index contributed by atoms with van der Waals surface area (Å²) in [7, 11) is 0. The van der Waals surface area contributed by atoms with E-state index in [4.69, 9.17) is 0 Å². The molecule has 0 radical (unpaired) electrons. The van der Waals surface area contributed by atoms with Crippen LogP contribution in [0.15, 0.2) is 224 Å². The average molecular weight is 813 g/mol. The maximum atomic E-state index is 2.48. The van der Waals surface area contributed by atoms with Gasteiger partial charge in [-0.1, -0.05) is 198 Å². The molecule has 0 saturated carbocycles. The van der Waals surface area contributed by atoms with Crippen molar-refractivity contribution in [2.24, 2.45) is 0 Å². The Balaban J connectivity index is 0.00000232. The van der Waals surface area contributed by atoms with Crippen LogP contribution in [0.4, 0.5) is 0 Å². The molecule has 2 heterocycles. The first-order chi connectivity index (χ1) is 30.9. The molecule has 0 N–H and O–H groups in total. The molecule has 0 aliphatic heterocycles. The minimum atomic E-state index is -0.542. The lowest BCUT2D eigenvalue weighted by atomic mass is 9.65. The van der Waals surface area contributed by atoms with E-state index in [-0.39, 0.29) is 5.41 Å². The third-order valence-corrected chi connectivity index (χ3v) is 12.8. The summed E-state index contributed by atoms with van der Waals surface area (Å²) in [4.78, 5) is 0. The van der Waals surface area contributed by atoms with Crippen LogP contribution in [0, 0.1) is 0 Å². The minimum absolute atomic E-state index is 0.00654. The summed E-state index contributed by atoms with van der Waals surface area (Å²) in [6, 6.07) is 82.8. The topological polar surface area (TPSA) is 9.86 Å². The van der Waals surface area contributed by atoms with Crippen LogP contribution in [0.3, 0.4) is 0 Å². The third-order valence-electron chi connectivity index (χ3n) is 12.8. The Hall–Kier alpha value is -7.42. The first-order valence-electron chi connectivity index (χ1n) is 22.3. The number of aromatic nitrogens is 2. The summed E-state index contributed by atoms with van der Waals surface area (Å²) in [6.07, 6.45) is 0. The largest absolute Gasteiger partial charge is 0.309 e.